The summed E-state index contributed by atoms with van der Waals surface area (Å²) in [6, 6.07) is 10.5. The number of rotatable bonds is 9. The van der Waals surface area contributed by atoms with Crippen LogP contribution in [0.1, 0.15) is 54.4 Å². The Kier molecular flexibility index (Phi) is 8.19. The number of aliphatic imine (C=N–C) groups is 1. The molecule has 218 valence electrons. The number of benzene rings is 2. The third kappa shape index (κ3) is 5.73. The molecule has 0 saturated heterocycles. The van der Waals surface area contributed by atoms with Gasteiger partial charge in [0.25, 0.3) is 10.1 Å². The zero-order valence-electron chi connectivity index (χ0n) is 24.2. The lowest BCUT2D eigenvalue weighted by molar-refractivity contribution is 0.140. The van der Waals surface area contributed by atoms with Gasteiger partial charge in [0, 0.05) is 31.8 Å². The van der Waals surface area contributed by atoms with E-state index in [2.05, 4.69) is 9.97 Å². The molecule has 1 aliphatic carbocycles. The molecule has 1 aromatic heterocycles. The topological polar surface area (TPSA) is 112 Å². The van der Waals surface area contributed by atoms with Crippen molar-refractivity contribution in [1.29, 1.82) is 0 Å². The summed E-state index contributed by atoms with van der Waals surface area (Å²) in [6.45, 7) is 4.31. The van der Waals surface area contributed by atoms with Gasteiger partial charge in [-0.05, 0) is 62.9 Å². The Bertz CT molecular complexity index is 1560. The standard InChI is InChI=1S/C30H36N4O6S/c1-7-39-27-15-21-22-14-19(40-41(35,36)20-11-8-18(2)9-12-20)10-13-25(22)32-28(23(21)16-26(27)37-5)24-17-31-30(34(3)4)33-29(24)38-6/h8-9,11-12,15-17,19,22,25H,7,10,13-14H2,1-6H3/t19-,22-,25-/m1/s1. The normalized spacial score (nSPS) is 20.0. The number of nitrogens with zero attached hydrogens (tertiary/aromatic N) is 4. The lowest BCUT2D eigenvalue weighted by Gasteiger charge is -2.38. The molecule has 10 nitrogen and oxygen atoms in total. The van der Waals surface area contributed by atoms with Crippen LogP contribution in [0.3, 0.4) is 0 Å². The number of hydrogen-bond acceptors (Lipinski definition) is 10. The first-order chi connectivity index (χ1) is 19.6. The summed E-state index contributed by atoms with van der Waals surface area (Å²) in [4.78, 5) is 16.3. The molecular formula is C30H36N4O6S. The Hall–Kier alpha value is -3.70. The smallest absolute Gasteiger partial charge is 0.297 e. The quantitative estimate of drug-likeness (QED) is 0.337. The summed E-state index contributed by atoms with van der Waals surface area (Å²) in [5.41, 5.74) is 4.19. The van der Waals surface area contributed by atoms with Crippen molar-refractivity contribution in [2.75, 3.05) is 39.8 Å². The largest absolute Gasteiger partial charge is 0.493 e. The van der Waals surface area contributed by atoms with E-state index in [1.165, 1.54) is 0 Å². The van der Waals surface area contributed by atoms with E-state index in [1.807, 2.05) is 45.0 Å². The van der Waals surface area contributed by atoms with E-state index in [4.69, 9.17) is 23.4 Å². The highest BCUT2D eigenvalue weighted by Crippen LogP contribution is 2.46. The van der Waals surface area contributed by atoms with Crippen LogP contribution in [-0.4, -0.2) is 71.2 Å². The van der Waals surface area contributed by atoms with Crippen LogP contribution in [0.5, 0.6) is 17.4 Å². The highest BCUT2D eigenvalue weighted by atomic mass is 32.2. The van der Waals surface area contributed by atoms with E-state index < -0.39 is 16.2 Å². The highest BCUT2D eigenvalue weighted by Gasteiger charge is 2.40. The van der Waals surface area contributed by atoms with Crippen molar-refractivity contribution >= 4 is 21.8 Å². The monoisotopic (exact) mass is 580 g/mol. The van der Waals surface area contributed by atoms with Gasteiger partial charge in [-0.15, -0.1) is 0 Å². The van der Waals surface area contributed by atoms with E-state index >= 15 is 0 Å². The zero-order valence-corrected chi connectivity index (χ0v) is 25.1. The minimum atomic E-state index is -3.91. The fraction of sp³-hybridized carbons (Fsp3) is 0.433. The fourth-order valence-electron chi connectivity index (χ4n) is 5.49. The summed E-state index contributed by atoms with van der Waals surface area (Å²) in [5.74, 6) is 2.05. The Morgan fingerprint density at radius 3 is 2.41 bits per heavy atom. The Balaban J connectivity index is 1.55. The molecule has 5 rings (SSSR count). The Morgan fingerprint density at radius 1 is 1.00 bits per heavy atom. The second-order valence-electron chi connectivity index (χ2n) is 10.5. The van der Waals surface area contributed by atoms with E-state index in [1.54, 1.807) is 44.7 Å². The zero-order chi connectivity index (χ0) is 29.3. The maximum Gasteiger partial charge on any atom is 0.297 e. The lowest BCUT2D eigenvalue weighted by atomic mass is 9.74. The van der Waals surface area contributed by atoms with Gasteiger partial charge in [-0.3, -0.25) is 9.18 Å². The fourth-order valence-corrected chi connectivity index (χ4v) is 6.60. The molecule has 0 unspecified atom stereocenters. The number of aryl methyl sites for hydroxylation is 1. The molecule has 11 heteroatoms. The molecule has 2 aliphatic rings. The van der Waals surface area contributed by atoms with Gasteiger partial charge < -0.3 is 19.1 Å². The van der Waals surface area contributed by atoms with Crippen molar-refractivity contribution in [2.45, 2.75) is 56.1 Å². The van der Waals surface area contributed by atoms with Crippen LogP contribution < -0.4 is 19.1 Å². The molecule has 3 atom stereocenters. The van der Waals surface area contributed by atoms with Crippen molar-refractivity contribution in [2.24, 2.45) is 4.99 Å². The maximum absolute atomic E-state index is 13.1. The second kappa shape index (κ2) is 11.7. The Morgan fingerprint density at radius 2 is 1.76 bits per heavy atom. The van der Waals surface area contributed by atoms with Crippen LogP contribution >= 0.6 is 0 Å². The third-order valence-corrected chi connectivity index (χ3v) is 8.89. The van der Waals surface area contributed by atoms with Gasteiger partial charge in [0.15, 0.2) is 11.5 Å². The number of ether oxygens (including phenoxy) is 3. The van der Waals surface area contributed by atoms with Gasteiger partial charge in [-0.1, -0.05) is 17.7 Å². The summed E-state index contributed by atoms with van der Waals surface area (Å²) in [6.07, 6.45) is 2.94. The van der Waals surface area contributed by atoms with E-state index in [-0.39, 0.29) is 16.9 Å². The molecule has 1 fully saturated rings. The number of aromatic nitrogens is 2. The number of fused-ring (bicyclic) bond motifs is 3. The molecular weight excluding hydrogens is 544 g/mol. The molecule has 0 spiro atoms. The van der Waals surface area contributed by atoms with E-state index in [0.29, 0.717) is 60.5 Å². The van der Waals surface area contributed by atoms with Crippen molar-refractivity contribution in [3.63, 3.8) is 0 Å². The van der Waals surface area contributed by atoms with Gasteiger partial charge in [-0.25, -0.2) is 4.98 Å². The van der Waals surface area contributed by atoms with Crippen LogP contribution in [0, 0.1) is 6.92 Å². The average Bonchev–Trinajstić information content (AvgIpc) is 2.96. The molecule has 0 amide bonds. The summed E-state index contributed by atoms with van der Waals surface area (Å²) in [7, 11) is 3.00. The van der Waals surface area contributed by atoms with Crippen LogP contribution in [0.4, 0.5) is 5.95 Å². The van der Waals surface area contributed by atoms with Crippen LogP contribution in [0.15, 0.2) is 52.5 Å². The minimum absolute atomic E-state index is 0.0845. The first-order valence-electron chi connectivity index (χ1n) is 13.7. The van der Waals surface area contributed by atoms with Crippen molar-refractivity contribution < 1.29 is 26.8 Å². The molecule has 2 aromatic carbocycles. The molecule has 0 N–H and O–H groups in total. The third-order valence-electron chi connectivity index (χ3n) is 7.51. The van der Waals surface area contributed by atoms with Crippen LogP contribution in [0.2, 0.25) is 0 Å². The predicted octanol–water partition coefficient (Wildman–Crippen LogP) is 4.53. The van der Waals surface area contributed by atoms with Gasteiger partial charge in [-0.2, -0.15) is 13.4 Å². The lowest BCUT2D eigenvalue weighted by Crippen LogP contribution is -2.36. The average molecular weight is 581 g/mol. The summed E-state index contributed by atoms with van der Waals surface area (Å²) in [5, 5.41) is 0. The minimum Gasteiger partial charge on any atom is -0.493 e. The van der Waals surface area contributed by atoms with Crippen LogP contribution in [-0.2, 0) is 14.3 Å². The number of methoxy groups -OCH3 is 2. The number of anilines is 1. The van der Waals surface area contributed by atoms with Gasteiger partial charge in [0.1, 0.15) is 0 Å². The molecule has 1 aliphatic heterocycles. The Labute approximate surface area is 241 Å². The van der Waals surface area contributed by atoms with Gasteiger partial charge >= 0.3 is 0 Å². The van der Waals surface area contributed by atoms with Gasteiger partial charge in [0.2, 0.25) is 11.8 Å². The van der Waals surface area contributed by atoms with Crippen molar-refractivity contribution in [3.8, 4) is 17.4 Å². The molecule has 41 heavy (non-hydrogen) atoms. The van der Waals surface area contributed by atoms with E-state index in [0.717, 1.165) is 16.7 Å². The first-order valence-corrected chi connectivity index (χ1v) is 15.1. The summed E-state index contributed by atoms with van der Waals surface area (Å²) >= 11 is 0. The number of hydrogen-bond donors (Lipinski definition) is 0. The van der Waals surface area contributed by atoms with Gasteiger partial charge in [0.05, 0.1) is 49.1 Å². The molecule has 2 heterocycles. The molecule has 1 saturated carbocycles. The highest BCUT2D eigenvalue weighted by molar-refractivity contribution is 7.86. The molecule has 0 radical (unpaired) electrons. The molecule has 0 bridgehead atoms. The SMILES string of the molecule is CCOc1cc2c(cc1OC)C(c1cnc(N(C)C)nc1OC)=N[C@@H]1CC[C@@H](OS(=O)(=O)c3ccc(C)cc3)C[C@H]21. The van der Waals surface area contributed by atoms with Crippen LogP contribution in [0.25, 0.3) is 0 Å². The first kappa shape index (κ1) is 28.8. The summed E-state index contributed by atoms with van der Waals surface area (Å²) < 4.78 is 49.3. The maximum atomic E-state index is 13.1. The van der Waals surface area contributed by atoms with Crippen molar-refractivity contribution in [1.82, 2.24) is 9.97 Å². The van der Waals surface area contributed by atoms with E-state index in [9.17, 15) is 8.42 Å². The molecule has 3 aromatic rings. The second-order valence-corrected chi connectivity index (χ2v) is 12.0. The van der Waals surface area contributed by atoms with Crippen molar-refractivity contribution in [3.05, 3.63) is 64.8 Å². The predicted molar refractivity (Wildman–Crippen MR) is 156 cm³/mol.